The van der Waals surface area contributed by atoms with Crippen LogP contribution >= 0.6 is 0 Å². The Morgan fingerprint density at radius 2 is 1.53 bits per heavy atom. The highest BCUT2D eigenvalue weighted by molar-refractivity contribution is 5.39. The summed E-state index contributed by atoms with van der Waals surface area (Å²) in [5.74, 6) is -3.93. The molecule has 0 aliphatic heterocycles. The smallest absolute Gasteiger partial charge is 0.194 e. The quantitative estimate of drug-likeness (QED) is 0.822. The lowest BCUT2D eigenvalue weighted by Crippen LogP contribution is -2.14. The van der Waals surface area contributed by atoms with Gasteiger partial charge in [0.1, 0.15) is 0 Å². The van der Waals surface area contributed by atoms with E-state index in [-0.39, 0.29) is 5.56 Å². The highest BCUT2D eigenvalue weighted by atomic mass is 19.2. The summed E-state index contributed by atoms with van der Waals surface area (Å²) in [6.45, 7) is 3.77. The van der Waals surface area contributed by atoms with Gasteiger partial charge in [-0.2, -0.15) is 0 Å². The van der Waals surface area contributed by atoms with Crippen molar-refractivity contribution in [2.45, 2.75) is 19.9 Å². The van der Waals surface area contributed by atoms with E-state index in [1.807, 2.05) is 32.0 Å². The first kappa shape index (κ1) is 13.6. The van der Waals surface area contributed by atoms with Crippen LogP contribution in [-0.2, 0) is 0 Å². The average Bonchev–Trinajstić information content (AvgIpc) is 2.37. The van der Waals surface area contributed by atoms with Crippen LogP contribution in [0.25, 0.3) is 0 Å². The van der Waals surface area contributed by atoms with Crippen LogP contribution in [-0.4, -0.2) is 0 Å². The molecule has 4 heteroatoms. The summed E-state index contributed by atoms with van der Waals surface area (Å²) in [7, 11) is 0. The third-order valence-corrected chi connectivity index (χ3v) is 3.14. The average molecular weight is 265 g/mol. The van der Waals surface area contributed by atoms with E-state index >= 15 is 0 Å². The van der Waals surface area contributed by atoms with Gasteiger partial charge in [0.2, 0.25) is 0 Å². The van der Waals surface area contributed by atoms with Crippen LogP contribution in [0.4, 0.5) is 13.2 Å². The minimum absolute atomic E-state index is 0.213. The Bertz CT molecular complexity index is 600. The van der Waals surface area contributed by atoms with E-state index in [0.29, 0.717) is 0 Å². The number of aryl methyl sites for hydroxylation is 2. The predicted molar refractivity (Wildman–Crippen MR) is 68.3 cm³/mol. The largest absolute Gasteiger partial charge is 0.320 e. The van der Waals surface area contributed by atoms with Gasteiger partial charge in [0, 0.05) is 0 Å². The number of benzene rings is 2. The van der Waals surface area contributed by atoms with Crippen molar-refractivity contribution in [2.24, 2.45) is 5.73 Å². The first-order valence-corrected chi connectivity index (χ1v) is 5.87. The van der Waals surface area contributed by atoms with Gasteiger partial charge in [-0.3, -0.25) is 0 Å². The Kier molecular flexibility index (Phi) is 3.62. The zero-order chi connectivity index (χ0) is 14.2. The van der Waals surface area contributed by atoms with E-state index in [1.165, 1.54) is 0 Å². The third kappa shape index (κ3) is 2.63. The van der Waals surface area contributed by atoms with Crippen molar-refractivity contribution in [3.05, 3.63) is 70.0 Å². The number of rotatable bonds is 2. The molecule has 0 amide bonds. The molecule has 100 valence electrons. The van der Waals surface area contributed by atoms with Gasteiger partial charge in [0.15, 0.2) is 17.5 Å². The molecule has 2 aromatic carbocycles. The Morgan fingerprint density at radius 3 is 2.11 bits per heavy atom. The molecule has 0 heterocycles. The molecule has 19 heavy (non-hydrogen) atoms. The molecular weight excluding hydrogens is 251 g/mol. The molecule has 0 spiro atoms. The fourth-order valence-electron chi connectivity index (χ4n) is 2.03. The molecule has 0 aliphatic carbocycles. The van der Waals surface area contributed by atoms with Gasteiger partial charge in [-0.15, -0.1) is 0 Å². The summed E-state index contributed by atoms with van der Waals surface area (Å²) >= 11 is 0. The van der Waals surface area contributed by atoms with E-state index < -0.39 is 23.5 Å². The van der Waals surface area contributed by atoms with E-state index in [0.717, 1.165) is 28.8 Å². The maximum Gasteiger partial charge on any atom is 0.194 e. The lowest BCUT2D eigenvalue weighted by molar-refractivity contribution is 0.444. The van der Waals surface area contributed by atoms with Crippen molar-refractivity contribution in [3.63, 3.8) is 0 Å². The van der Waals surface area contributed by atoms with Crippen molar-refractivity contribution < 1.29 is 13.2 Å². The standard InChI is InChI=1S/C15H14F3N/c1-8-3-4-9(2)11(5-8)15(19)10-6-12(16)14(18)13(17)7-10/h3-7,15H,19H2,1-2H3. The van der Waals surface area contributed by atoms with E-state index in [4.69, 9.17) is 5.73 Å². The molecule has 0 fully saturated rings. The molecule has 0 aliphatic rings. The van der Waals surface area contributed by atoms with Crippen LogP contribution in [0, 0.1) is 31.3 Å². The minimum atomic E-state index is -1.48. The Morgan fingerprint density at radius 1 is 0.947 bits per heavy atom. The van der Waals surface area contributed by atoms with Crippen LogP contribution in [0.15, 0.2) is 30.3 Å². The highest BCUT2D eigenvalue weighted by Crippen LogP contribution is 2.26. The van der Waals surface area contributed by atoms with Gasteiger partial charge >= 0.3 is 0 Å². The number of hydrogen-bond acceptors (Lipinski definition) is 1. The second-order valence-electron chi connectivity index (χ2n) is 4.64. The summed E-state index contributed by atoms with van der Waals surface area (Å²) < 4.78 is 39.4. The first-order valence-electron chi connectivity index (χ1n) is 5.87. The van der Waals surface area contributed by atoms with Crippen molar-refractivity contribution in [2.75, 3.05) is 0 Å². The SMILES string of the molecule is Cc1ccc(C)c(C(N)c2cc(F)c(F)c(F)c2)c1. The van der Waals surface area contributed by atoms with Crippen molar-refractivity contribution in [1.29, 1.82) is 0 Å². The minimum Gasteiger partial charge on any atom is -0.320 e. The molecule has 1 nitrogen and oxygen atoms in total. The highest BCUT2D eigenvalue weighted by Gasteiger charge is 2.17. The van der Waals surface area contributed by atoms with Gasteiger partial charge in [-0.05, 0) is 42.7 Å². The normalized spacial score (nSPS) is 12.5. The lowest BCUT2D eigenvalue weighted by atomic mass is 9.94. The molecule has 2 N–H and O–H groups in total. The monoisotopic (exact) mass is 265 g/mol. The van der Waals surface area contributed by atoms with E-state index in [9.17, 15) is 13.2 Å². The van der Waals surface area contributed by atoms with E-state index in [1.54, 1.807) is 0 Å². The van der Waals surface area contributed by atoms with Crippen LogP contribution in [0.1, 0.15) is 28.3 Å². The van der Waals surface area contributed by atoms with Gasteiger partial charge in [-0.25, -0.2) is 13.2 Å². The molecule has 1 atom stereocenters. The van der Waals surface area contributed by atoms with Crippen molar-refractivity contribution >= 4 is 0 Å². The number of nitrogens with two attached hydrogens (primary N) is 1. The topological polar surface area (TPSA) is 26.0 Å². The summed E-state index contributed by atoms with van der Waals surface area (Å²) in [5, 5.41) is 0. The summed E-state index contributed by atoms with van der Waals surface area (Å²) in [5.41, 5.74) is 8.92. The molecule has 0 saturated heterocycles. The maximum absolute atomic E-state index is 13.2. The molecule has 0 radical (unpaired) electrons. The second kappa shape index (κ2) is 5.05. The fourth-order valence-corrected chi connectivity index (χ4v) is 2.03. The maximum atomic E-state index is 13.2. The molecule has 0 aromatic heterocycles. The molecule has 2 rings (SSSR count). The fraction of sp³-hybridized carbons (Fsp3) is 0.200. The lowest BCUT2D eigenvalue weighted by Gasteiger charge is -2.16. The van der Waals surface area contributed by atoms with Gasteiger partial charge in [0.25, 0.3) is 0 Å². The van der Waals surface area contributed by atoms with Crippen LogP contribution in [0.2, 0.25) is 0 Å². The van der Waals surface area contributed by atoms with Crippen molar-refractivity contribution in [3.8, 4) is 0 Å². The zero-order valence-electron chi connectivity index (χ0n) is 10.7. The zero-order valence-corrected chi connectivity index (χ0v) is 10.7. The predicted octanol–water partition coefficient (Wildman–Crippen LogP) is 3.77. The van der Waals surface area contributed by atoms with Gasteiger partial charge in [0.05, 0.1) is 6.04 Å². The second-order valence-corrected chi connectivity index (χ2v) is 4.64. The van der Waals surface area contributed by atoms with Gasteiger partial charge in [-0.1, -0.05) is 23.8 Å². The number of hydrogen-bond donors (Lipinski definition) is 1. The van der Waals surface area contributed by atoms with Crippen LogP contribution in [0.3, 0.4) is 0 Å². The number of halogens is 3. The third-order valence-electron chi connectivity index (χ3n) is 3.14. The molecule has 2 aromatic rings. The van der Waals surface area contributed by atoms with Crippen LogP contribution < -0.4 is 5.73 Å². The molecule has 0 bridgehead atoms. The Labute approximate surface area is 109 Å². The van der Waals surface area contributed by atoms with Crippen LogP contribution in [0.5, 0.6) is 0 Å². The van der Waals surface area contributed by atoms with Gasteiger partial charge < -0.3 is 5.73 Å². The molecule has 0 saturated carbocycles. The van der Waals surface area contributed by atoms with E-state index in [2.05, 4.69) is 0 Å². The summed E-state index contributed by atoms with van der Waals surface area (Å²) in [6.07, 6.45) is 0. The summed E-state index contributed by atoms with van der Waals surface area (Å²) in [6, 6.07) is 6.86. The Balaban J connectivity index is 2.49. The molecular formula is C15H14F3N. The first-order chi connectivity index (χ1) is 8.90. The summed E-state index contributed by atoms with van der Waals surface area (Å²) in [4.78, 5) is 0. The Hall–Kier alpha value is -1.81. The van der Waals surface area contributed by atoms with Crippen molar-refractivity contribution in [1.82, 2.24) is 0 Å². The molecule has 1 unspecified atom stereocenters.